The summed E-state index contributed by atoms with van der Waals surface area (Å²) < 4.78 is 21.4. The van der Waals surface area contributed by atoms with Gasteiger partial charge in [0.05, 0.1) is 19.1 Å². The topological polar surface area (TPSA) is 130 Å². The second kappa shape index (κ2) is 11.0. The molecule has 0 amide bonds. The molecule has 10 nitrogen and oxygen atoms in total. The minimum atomic E-state index is -1.58. The van der Waals surface area contributed by atoms with E-state index in [1.165, 1.54) is 10.8 Å². The minimum Gasteiger partial charge on any atom is -0.510 e. The van der Waals surface area contributed by atoms with Crippen LogP contribution < -0.4 is 11.2 Å². The minimum absolute atomic E-state index is 0.103. The molecule has 1 aromatic heterocycles. The number of aryl methyl sites for hydroxylation is 1. The molecule has 0 aromatic carbocycles. The van der Waals surface area contributed by atoms with Gasteiger partial charge in [-0.05, 0) is 34.6 Å². The van der Waals surface area contributed by atoms with Crippen molar-refractivity contribution in [2.75, 3.05) is 6.61 Å². The average molecular weight is 454 g/mol. The van der Waals surface area contributed by atoms with Crippen LogP contribution in [0.15, 0.2) is 28.1 Å². The summed E-state index contributed by atoms with van der Waals surface area (Å²) in [6, 6.07) is 2.26. The van der Waals surface area contributed by atoms with Crippen LogP contribution in [0.2, 0.25) is 0 Å². The van der Waals surface area contributed by atoms with Gasteiger partial charge in [0.25, 0.3) is 14.1 Å². The third kappa shape index (κ3) is 6.25. The van der Waals surface area contributed by atoms with Crippen LogP contribution in [0.5, 0.6) is 0 Å². The van der Waals surface area contributed by atoms with Gasteiger partial charge in [0.15, 0.2) is 0 Å². The third-order valence-corrected chi connectivity index (χ3v) is 6.90. The van der Waals surface area contributed by atoms with Gasteiger partial charge in [0.2, 0.25) is 0 Å². The van der Waals surface area contributed by atoms with Crippen molar-refractivity contribution in [2.45, 2.75) is 78.0 Å². The van der Waals surface area contributed by atoms with E-state index in [2.05, 4.69) is 22.3 Å². The normalized spacial score (nSPS) is 22.2. The van der Waals surface area contributed by atoms with Crippen molar-refractivity contribution in [3.8, 4) is 6.07 Å². The molecule has 1 unspecified atom stereocenters. The Morgan fingerprint density at radius 3 is 2.65 bits per heavy atom. The first-order valence-electron chi connectivity index (χ1n) is 10.2. The third-order valence-electron chi connectivity index (χ3n) is 4.75. The van der Waals surface area contributed by atoms with E-state index in [9.17, 15) is 14.7 Å². The van der Waals surface area contributed by atoms with Crippen molar-refractivity contribution in [1.82, 2.24) is 14.2 Å². The summed E-state index contributed by atoms with van der Waals surface area (Å²) in [5.74, 6) is -0.227. The number of aromatic nitrogens is 2. The fourth-order valence-corrected chi connectivity index (χ4v) is 5.15. The standard InChI is InChI=1S/C20H31N4O6P/c1-12(2)24(13(3)4)31(28-9-7-8-21)30-16-10-17(29-18(16)15(6)25)23-11-14(5)19(26)22-20(23)27/h11-13,16-18,25H,6-7,9-10H2,1-5H3,(H,22,26,27)/t16-,17+,18+,31?/m0/s1. The Labute approximate surface area is 183 Å². The van der Waals surface area contributed by atoms with E-state index >= 15 is 0 Å². The number of ether oxygens (including phenoxy) is 1. The first-order chi connectivity index (χ1) is 14.6. The predicted molar refractivity (Wildman–Crippen MR) is 116 cm³/mol. The average Bonchev–Trinajstić information content (AvgIpc) is 3.08. The van der Waals surface area contributed by atoms with Gasteiger partial charge in [-0.3, -0.25) is 14.3 Å². The quantitative estimate of drug-likeness (QED) is 0.314. The molecule has 2 rings (SSSR count). The zero-order chi connectivity index (χ0) is 23.3. The van der Waals surface area contributed by atoms with Gasteiger partial charge in [-0.25, -0.2) is 9.46 Å². The number of H-pyrrole nitrogens is 1. The van der Waals surface area contributed by atoms with Crippen molar-refractivity contribution in [2.24, 2.45) is 0 Å². The van der Waals surface area contributed by atoms with E-state index in [1.807, 2.05) is 27.7 Å². The van der Waals surface area contributed by atoms with Crippen LogP contribution in [-0.4, -0.2) is 50.2 Å². The van der Waals surface area contributed by atoms with Gasteiger partial charge < -0.3 is 18.9 Å². The molecule has 172 valence electrons. The molecule has 0 aliphatic carbocycles. The van der Waals surface area contributed by atoms with Crippen molar-refractivity contribution < 1.29 is 18.9 Å². The monoisotopic (exact) mass is 454 g/mol. The van der Waals surface area contributed by atoms with E-state index in [1.54, 1.807) is 6.92 Å². The van der Waals surface area contributed by atoms with Crippen LogP contribution in [0.3, 0.4) is 0 Å². The smallest absolute Gasteiger partial charge is 0.330 e. The Hall–Kier alpha value is -2.02. The van der Waals surface area contributed by atoms with E-state index in [0.717, 1.165) is 0 Å². The van der Waals surface area contributed by atoms with Gasteiger partial charge in [0.1, 0.15) is 24.2 Å². The summed E-state index contributed by atoms with van der Waals surface area (Å²) in [6.45, 7) is 13.5. The summed E-state index contributed by atoms with van der Waals surface area (Å²) in [7, 11) is -1.58. The highest BCUT2D eigenvalue weighted by Gasteiger charge is 2.43. The molecule has 1 aromatic rings. The maximum Gasteiger partial charge on any atom is 0.330 e. The lowest BCUT2D eigenvalue weighted by atomic mass is 10.1. The Bertz CT molecular complexity index is 913. The number of rotatable bonds is 10. The Balaban J connectivity index is 2.31. The van der Waals surface area contributed by atoms with Crippen LogP contribution in [0.25, 0.3) is 0 Å². The molecule has 11 heteroatoms. The molecule has 1 aliphatic rings. The summed E-state index contributed by atoms with van der Waals surface area (Å²) in [5.41, 5.74) is -0.712. The fourth-order valence-electron chi connectivity index (χ4n) is 3.42. The molecule has 1 fully saturated rings. The molecule has 1 aliphatic heterocycles. The van der Waals surface area contributed by atoms with Crippen LogP contribution >= 0.6 is 8.53 Å². The summed E-state index contributed by atoms with van der Waals surface area (Å²) >= 11 is 0. The molecule has 4 atom stereocenters. The van der Waals surface area contributed by atoms with E-state index in [4.69, 9.17) is 19.0 Å². The predicted octanol–water partition coefficient (Wildman–Crippen LogP) is 2.87. The second-order valence-corrected chi connectivity index (χ2v) is 9.31. The van der Waals surface area contributed by atoms with Crippen molar-refractivity contribution >= 4 is 8.53 Å². The summed E-state index contributed by atoms with van der Waals surface area (Å²) in [5, 5.41) is 19.0. The lowest BCUT2D eigenvalue weighted by Crippen LogP contribution is -2.36. The van der Waals surface area contributed by atoms with Crippen molar-refractivity contribution in [3.63, 3.8) is 0 Å². The van der Waals surface area contributed by atoms with Crippen molar-refractivity contribution in [3.05, 3.63) is 44.9 Å². The number of nitrogens with one attached hydrogen (secondary N) is 1. The van der Waals surface area contributed by atoms with Gasteiger partial charge in [-0.1, -0.05) is 6.58 Å². The fraction of sp³-hybridized carbons (Fsp3) is 0.650. The molecule has 0 bridgehead atoms. The number of aromatic amines is 1. The maximum absolute atomic E-state index is 12.3. The zero-order valence-electron chi connectivity index (χ0n) is 18.6. The summed E-state index contributed by atoms with van der Waals surface area (Å²) in [4.78, 5) is 26.2. The Kier molecular flexibility index (Phi) is 8.98. The van der Waals surface area contributed by atoms with E-state index < -0.39 is 38.2 Å². The van der Waals surface area contributed by atoms with E-state index in [-0.39, 0.29) is 37.3 Å². The number of aliphatic hydroxyl groups is 1. The largest absolute Gasteiger partial charge is 0.510 e. The Morgan fingerprint density at radius 1 is 1.45 bits per heavy atom. The first kappa shape index (κ1) is 25.2. The molecular weight excluding hydrogens is 423 g/mol. The van der Waals surface area contributed by atoms with Gasteiger partial charge in [-0.2, -0.15) is 5.26 Å². The molecule has 31 heavy (non-hydrogen) atoms. The lowest BCUT2D eigenvalue weighted by Gasteiger charge is -2.37. The van der Waals surface area contributed by atoms with E-state index in [0.29, 0.717) is 5.56 Å². The lowest BCUT2D eigenvalue weighted by molar-refractivity contribution is -0.0176. The SMILES string of the molecule is C=C(O)[C@H]1O[C@@H](n2cc(C)c(=O)[nH]c2=O)C[C@@H]1OP(OCCC#N)N(C(C)C)C(C)C. The van der Waals surface area contributed by atoms with Crippen LogP contribution in [0.4, 0.5) is 0 Å². The molecule has 0 spiro atoms. The van der Waals surface area contributed by atoms with Crippen LogP contribution in [-0.2, 0) is 13.8 Å². The number of aliphatic hydroxyl groups excluding tert-OH is 1. The molecule has 0 radical (unpaired) electrons. The van der Waals surface area contributed by atoms with Gasteiger partial charge >= 0.3 is 5.69 Å². The maximum atomic E-state index is 12.3. The highest BCUT2D eigenvalue weighted by molar-refractivity contribution is 7.44. The zero-order valence-corrected chi connectivity index (χ0v) is 19.5. The van der Waals surface area contributed by atoms with Crippen molar-refractivity contribution in [1.29, 1.82) is 5.26 Å². The molecular formula is C20H31N4O6P. The highest BCUT2D eigenvalue weighted by Crippen LogP contribution is 2.50. The highest BCUT2D eigenvalue weighted by atomic mass is 31.2. The van der Waals surface area contributed by atoms with Crippen LogP contribution in [0, 0.1) is 18.3 Å². The summed E-state index contributed by atoms with van der Waals surface area (Å²) in [6.07, 6.45) is -0.404. The second-order valence-electron chi connectivity index (χ2n) is 7.91. The molecule has 2 heterocycles. The number of hydrogen-bond acceptors (Lipinski definition) is 8. The van der Waals surface area contributed by atoms with Gasteiger partial charge in [-0.15, -0.1) is 0 Å². The van der Waals surface area contributed by atoms with Gasteiger partial charge in [0, 0.05) is 30.3 Å². The molecule has 0 saturated carbocycles. The first-order valence-corrected chi connectivity index (χ1v) is 11.3. The van der Waals surface area contributed by atoms with Crippen LogP contribution in [0.1, 0.15) is 52.3 Å². The molecule has 1 saturated heterocycles. The number of nitriles is 1. The molecule has 2 N–H and O–H groups in total. The number of nitrogens with zero attached hydrogens (tertiary/aromatic N) is 3. The number of hydrogen-bond donors (Lipinski definition) is 2. The Morgan fingerprint density at radius 2 is 2.10 bits per heavy atom.